The number of nitro benzene ring substituents is 1. The van der Waals surface area contributed by atoms with E-state index >= 15 is 0 Å². The summed E-state index contributed by atoms with van der Waals surface area (Å²) in [6.45, 7) is 6.08. The van der Waals surface area contributed by atoms with Crippen molar-refractivity contribution in [2.45, 2.75) is 64.4 Å². The van der Waals surface area contributed by atoms with E-state index in [1.54, 1.807) is 12.1 Å². The van der Waals surface area contributed by atoms with Crippen LogP contribution in [0.4, 0.5) is 11.4 Å². The lowest BCUT2D eigenvalue weighted by Gasteiger charge is -2.28. The van der Waals surface area contributed by atoms with Gasteiger partial charge in [0.05, 0.1) is 16.4 Å². The molecule has 154 valence electrons. The maximum Gasteiger partial charge on any atom is 0.269 e. The molecular weight excluding hydrogens is 368 g/mol. The molecule has 3 rings (SSSR count). The van der Waals surface area contributed by atoms with Gasteiger partial charge in [-0.3, -0.25) is 14.9 Å². The van der Waals surface area contributed by atoms with Crippen LogP contribution in [0.1, 0.15) is 57.1 Å². The molecule has 0 aromatic heterocycles. The Labute approximate surface area is 171 Å². The SMILES string of the molecule is CC[C@H](C)Oc1ccc(NC(=O)C2(c3ccc([N+](=O)[O-])cc3)CCCC2)cc1C. The van der Waals surface area contributed by atoms with E-state index in [0.29, 0.717) is 0 Å². The van der Waals surface area contributed by atoms with Crippen molar-refractivity contribution in [3.63, 3.8) is 0 Å². The average Bonchev–Trinajstić information content (AvgIpc) is 3.21. The summed E-state index contributed by atoms with van der Waals surface area (Å²) in [5.41, 5.74) is 1.94. The molecule has 6 nitrogen and oxygen atoms in total. The average molecular weight is 396 g/mol. The number of aryl methyl sites for hydroxylation is 1. The maximum absolute atomic E-state index is 13.3. The molecule has 1 saturated carbocycles. The lowest BCUT2D eigenvalue weighted by atomic mass is 9.78. The number of carbonyl (C=O) groups is 1. The molecule has 1 atom stereocenters. The number of hydrogen-bond donors (Lipinski definition) is 1. The minimum atomic E-state index is -0.644. The fourth-order valence-electron chi connectivity index (χ4n) is 3.94. The number of amides is 1. The van der Waals surface area contributed by atoms with Crippen LogP contribution in [0.15, 0.2) is 42.5 Å². The number of hydrogen-bond acceptors (Lipinski definition) is 4. The Hall–Kier alpha value is -2.89. The summed E-state index contributed by atoms with van der Waals surface area (Å²) in [4.78, 5) is 23.8. The third-order valence-corrected chi connectivity index (χ3v) is 5.86. The predicted molar refractivity (Wildman–Crippen MR) is 113 cm³/mol. The zero-order valence-corrected chi connectivity index (χ0v) is 17.2. The number of nitrogens with one attached hydrogen (secondary N) is 1. The molecule has 6 heteroatoms. The molecular formula is C23H28N2O4. The van der Waals surface area contributed by atoms with E-state index < -0.39 is 10.3 Å². The van der Waals surface area contributed by atoms with Gasteiger partial charge in [0.25, 0.3) is 5.69 Å². The highest BCUT2D eigenvalue weighted by Crippen LogP contribution is 2.42. The van der Waals surface area contributed by atoms with E-state index in [-0.39, 0.29) is 17.7 Å². The number of nitrogens with zero attached hydrogens (tertiary/aromatic N) is 1. The van der Waals surface area contributed by atoms with E-state index in [9.17, 15) is 14.9 Å². The van der Waals surface area contributed by atoms with Crippen molar-refractivity contribution in [3.05, 3.63) is 63.7 Å². The van der Waals surface area contributed by atoms with Crippen molar-refractivity contribution in [3.8, 4) is 5.75 Å². The Morgan fingerprint density at radius 1 is 1.21 bits per heavy atom. The molecule has 0 bridgehead atoms. The van der Waals surface area contributed by atoms with Crippen LogP contribution in [0.25, 0.3) is 0 Å². The first-order chi connectivity index (χ1) is 13.9. The van der Waals surface area contributed by atoms with Crippen molar-refractivity contribution >= 4 is 17.3 Å². The zero-order chi connectivity index (χ0) is 21.0. The summed E-state index contributed by atoms with van der Waals surface area (Å²) >= 11 is 0. The maximum atomic E-state index is 13.3. The Morgan fingerprint density at radius 2 is 1.86 bits per heavy atom. The second-order valence-corrected chi connectivity index (χ2v) is 7.86. The number of nitro groups is 1. The van der Waals surface area contributed by atoms with Gasteiger partial charge in [-0.2, -0.15) is 0 Å². The van der Waals surface area contributed by atoms with E-state index in [0.717, 1.165) is 54.7 Å². The Kier molecular flexibility index (Phi) is 6.20. The zero-order valence-electron chi connectivity index (χ0n) is 17.2. The fraction of sp³-hybridized carbons (Fsp3) is 0.435. The normalized spacial score (nSPS) is 16.2. The standard InChI is InChI=1S/C23H28N2O4/c1-4-17(3)29-21-12-9-19(15-16(21)2)24-22(26)23(13-5-6-14-23)18-7-10-20(11-8-18)25(27)28/h7-12,15,17H,4-6,13-14H2,1-3H3,(H,24,26)/t17-/m0/s1. The first kappa shape index (κ1) is 20.8. The van der Waals surface area contributed by atoms with Gasteiger partial charge in [-0.15, -0.1) is 0 Å². The highest BCUT2D eigenvalue weighted by Gasteiger charge is 2.42. The van der Waals surface area contributed by atoms with Gasteiger partial charge in [-0.05, 0) is 62.4 Å². The molecule has 1 aliphatic carbocycles. The Balaban J connectivity index is 1.81. The molecule has 1 fully saturated rings. The molecule has 29 heavy (non-hydrogen) atoms. The first-order valence-electron chi connectivity index (χ1n) is 10.2. The number of carbonyl (C=O) groups excluding carboxylic acids is 1. The van der Waals surface area contributed by atoms with Crippen molar-refractivity contribution in [2.75, 3.05) is 5.32 Å². The van der Waals surface area contributed by atoms with Crippen molar-refractivity contribution < 1.29 is 14.5 Å². The summed E-state index contributed by atoms with van der Waals surface area (Å²) in [6.07, 6.45) is 4.47. The van der Waals surface area contributed by atoms with Gasteiger partial charge in [0.15, 0.2) is 0 Å². The number of ether oxygens (including phenoxy) is 1. The van der Waals surface area contributed by atoms with Crippen LogP contribution >= 0.6 is 0 Å². The van der Waals surface area contributed by atoms with Crippen LogP contribution < -0.4 is 10.1 Å². The van der Waals surface area contributed by atoms with Gasteiger partial charge in [0.1, 0.15) is 5.75 Å². The van der Waals surface area contributed by atoms with E-state index in [1.807, 2.05) is 32.0 Å². The first-order valence-corrected chi connectivity index (χ1v) is 10.2. The smallest absolute Gasteiger partial charge is 0.269 e. The monoisotopic (exact) mass is 396 g/mol. The molecule has 1 aliphatic rings. The van der Waals surface area contributed by atoms with E-state index in [2.05, 4.69) is 12.2 Å². The second kappa shape index (κ2) is 8.64. The minimum Gasteiger partial charge on any atom is -0.490 e. The third kappa shape index (κ3) is 4.42. The molecule has 0 aliphatic heterocycles. The largest absolute Gasteiger partial charge is 0.490 e. The van der Waals surface area contributed by atoms with E-state index in [4.69, 9.17) is 4.74 Å². The predicted octanol–water partition coefficient (Wildman–Crippen LogP) is 5.53. The second-order valence-electron chi connectivity index (χ2n) is 7.86. The molecule has 2 aromatic rings. The molecule has 2 aromatic carbocycles. The lowest BCUT2D eigenvalue weighted by Crippen LogP contribution is -2.38. The molecule has 1 amide bonds. The number of benzene rings is 2. The highest BCUT2D eigenvalue weighted by atomic mass is 16.6. The summed E-state index contributed by atoms with van der Waals surface area (Å²) in [5.74, 6) is 0.766. The summed E-state index contributed by atoms with van der Waals surface area (Å²) in [7, 11) is 0. The van der Waals surface area contributed by atoms with Gasteiger partial charge in [-0.25, -0.2) is 0 Å². The number of rotatable bonds is 7. The number of non-ortho nitro benzene ring substituents is 1. The van der Waals surface area contributed by atoms with Crippen LogP contribution in [0.3, 0.4) is 0 Å². The highest BCUT2D eigenvalue weighted by molar-refractivity contribution is 5.99. The summed E-state index contributed by atoms with van der Waals surface area (Å²) in [5, 5.41) is 14.0. The van der Waals surface area contributed by atoms with Gasteiger partial charge in [0.2, 0.25) is 5.91 Å². The van der Waals surface area contributed by atoms with Gasteiger partial charge < -0.3 is 10.1 Å². The van der Waals surface area contributed by atoms with Crippen LogP contribution in [0.5, 0.6) is 5.75 Å². The molecule has 1 N–H and O–H groups in total. The molecule has 0 saturated heterocycles. The summed E-state index contributed by atoms with van der Waals surface area (Å²) < 4.78 is 5.91. The van der Waals surface area contributed by atoms with Gasteiger partial charge >= 0.3 is 0 Å². The molecule has 0 radical (unpaired) electrons. The number of anilines is 1. The summed E-state index contributed by atoms with van der Waals surface area (Å²) in [6, 6.07) is 12.1. The van der Waals surface area contributed by atoms with Crippen molar-refractivity contribution in [1.82, 2.24) is 0 Å². The van der Waals surface area contributed by atoms with E-state index in [1.165, 1.54) is 12.1 Å². The van der Waals surface area contributed by atoms with Crippen LogP contribution in [0.2, 0.25) is 0 Å². The topological polar surface area (TPSA) is 81.5 Å². The Bertz CT molecular complexity index is 886. The molecule has 0 unspecified atom stereocenters. The van der Waals surface area contributed by atoms with Crippen LogP contribution in [-0.4, -0.2) is 16.9 Å². The van der Waals surface area contributed by atoms with Crippen LogP contribution in [0, 0.1) is 17.0 Å². The third-order valence-electron chi connectivity index (χ3n) is 5.86. The quantitative estimate of drug-likeness (QED) is 0.493. The minimum absolute atomic E-state index is 0.0369. The fourth-order valence-corrected chi connectivity index (χ4v) is 3.94. The van der Waals surface area contributed by atoms with Crippen molar-refractivity contribution in [2.24, 2.45) is 0 Å². The lowest BCUT2D eigenvalue weighted by molar-refractivity contribution is -0.384. The van der Waals surface area contributed by atoms with Crippen LogP contribution in [-0.2, 0) is 10.2 Å². The Morgan fingerprint density at radius 3 is 2.41 bits per heavy atom. The molecule has 0 heterocycles. The van der Waals surface area contributed by atoms with Crippen molar-refractivity contribution in [1.29, 1.82) is 0 Å². The van der Waals surface area contributed by atoms with Gasteiger partial charge in [-0.1, -0.05) is 31.9 Å². The molecule has 0 spiro atoms. The van der Waals surface area contributed by atoms with Gasteiger partial charge in [0, 0.05) is 17.8 Å².